The third kappa shape index (κ3) is 3.78. The average Bonchev–Trinajstić information content (AvgIpc) is 2.55. The van der Waals surface area contributed by atoms with Crippen molar-refractivity contribution in [2.45, 2.75) is 51.0 Å². The predicted molar refractivity (Wildman–Crippen MR) is 68.1 cm³/mol. The molecular formula is C14H25NO2. The van der Waals surface area contributed by atoms with E-state index in [4.69, 9.17) is 4.74 Å². The molecule has 1 atom stereocenters. The van der Waals surface area contributed by atoms with Crippen LogP contribution in [0.15, 0.2) is 0 Å². The fourth-order valence-corrected chi connectivity index (χ4v) is 3.07. The smallest absolute Gasteiger partial charge is 0.149 e. The van der Waals surface area contributed by atoms with E-state index >= 15 is 0 Å². The van der Waals surface area contributed by atoms with Gasteiger partial charge in [0.2, 0.25) is 0 Å². The van der Waals surface area contributed by atoms with Crippen LogP contribution in [0.1, 0.15) is 44.9 Å². The maximum absolute atomic E-state index is 12.0. The summed E-state index contributed by atoms with van der Waals surface area (Å²) in [5.41, 5.74) is 0. The number of rotatable bonds is 3. The zero-order valence-corrected chi connectivity index (χ0v) is 11.0. The summed E-state index contributed by atoms with van der Waals surface area (Å²) in [6, 6.07) is 0.195. The molecule has 0 aromatic carbocycles. The molecule has 0 amide bonds. The molecule has 2 rings (SSSR count). The highest BCUT2D eigenvalue weighted by molar-refractivity contribution is 5.84. The van der Waals surface area contributed by atoms with Crippen molar-refractivity contribution in [3.05, 3.63) is 0 Å². The van der Waals surface area contributed by atoms with Crippen LogP contribution < -0.4 is 0 Å². The molecule has 3 heteroatoms. The van der Waals surface area contributed by atoms with Crippen molar-refractivity contribution in [3.8, 4) is 0 Å². The zero-order chi connectivity index (χ0) is 12.1. The van der Waals surface area contributed by atoms with E-state index in [0.717, 1.165) is 57.8 Å². The van der Waals surface area contributed by atoms with Crippen LogP contribution in [-0.4, -0.2) is 43.5 Å². The quantitative estimate of drug-likeness (QED) is 0.707. The Balaban J connectivity index is 1.84. The summed E-state index contributed by atoms with van der Waals surface area (Å²) in [5, 5.41) is 0. The molecule has 98 valence electrons. The van der Waals surface area contributed by atoms with Crippen molar-refractivity contribution in [3.63, 3.8) is 0 Å². The second-order valence-corrected chi connectivity index (χ2v) is 5.58. The van der Waals surface area contributed by atoms with Crippen LogP contribution in [0, 0.1) is 5.92 Å². The first-order chi connectivity index (χ1) is 8.27. The van der Waals surface area contributed by atoms with Gasteiger partial charge in [-0.15, -0.1) is 0 Å². The molecule has 0 aromatic rings. The Morgan fingerprint density at radius 2 is 1.94 bits per heavy atom. The maximum Gasteiger partial charge on any atom is 0.149 e. The molecule has 1 heterocycles. The number of carbonyl (C=O) groups is 1. The zero-order valence-electron chi connectivity index (χ0n) is 11.0. The number of hydrogen-bond donors (Lipinski definition) is 0. The van der Waals surface area contributed by atoms with Gasteiger partial charge in [0.15, 0.2) is 0 Å². The van der Waals surface area contributed by atoms with Crippen molar-refractivity contribution in [2.75, 3.05) is 26.8 Å². The highest BCUT2D eigenvalue weighted by atomic mass is 16.5. The molecule has 1 saturated heterocycles. The van der Waals surface area contributed by atoms with Crippen molar-refractivity contribution >= 4 is 5.78 Å². The molecule has 1 aliphatic heterocycles. The van der Waals surface area contributed by atoms with Gasteiger partial charge in [0.25, 0.3) is 0 Å². The molecule has 0 aromatic heterocycles. The molecule has 2 aliphatic rings. The Bertz CT molecular complexity index is 249. The Kier molecular flexibility index (Phi) is 4.99. The van der Waals surface area contributed by atoms with Crippen LogP contribution in [0.4, 0.5) is 0 Å². The minimum atomic E-state index is 0.195. The third-order valence-corrected chi connectivity index (χ3v) is 4.19. The molecule has 0 N–H and O–H groups in total. The molecule has 17 heavy (non-hydrogen) atoms. The first-order valence-corrected chi connectivity index (χ1v) is 7.08. The number of carbonyl (C=O) groups excluding carboxylic acids is 1. The van der Waals surface area contributed by atoms with E-state index in [-0.39, 0.29) is 6.04 Å². The number of hydrogen-bond acceptors (Lipinski definition) is 3. The Hall–Kier alpha value is -0.410. The molecule has 3 nitrogen and oxygen atoms in total. The lowest BCUT2D eigenvalue weighted by molar-refractivity contribution is -0.124. The topological polar surface area (TPSA) is 29.5 Å². The summed E-state index contributed by atoms with van der Waals surface area (Å²) in [6.45, 7) is 2.87. The second kappa shape index (κ2) is 6.50. The minimum Gasteiger partial charge on any atom is -0.381 e. The van der Waals surface area contributed by atoms with E-state index in [1.165, 1.54) is 12.8 Å². The van der Waals surface area contributed by atoms with Crippen LogP contribution in [0.3, 0.4) is 0 Å². The largest absolute Gasteiger partial charge is 0.381 e. The highest BCUT2D eigenvalue weighted by Crippen LogP contribution is 2.22. The predicted octanol–water partition coefficient (Wildman–Crippen LogP) is 2.25. The average molecular weight is 239 g/mol. The van der Waals surface area contributed by atoms with Gasteiger partial charge in [-0.3, -0.25) is 9.69 Å². The van der Waals surface area contributed by atoms with Gasteiger partial charge in [0, 0.05) is 26.2 Å². The first kappa shape index (κ1) is 13.0. The van der Waals surface area contributed by atoms with Crippen molar-refractivity contribution in [1.82, 2.24) is 4.90 Å². The van der Waals surface area contributed by atoms with Gasteiger partial charge in [-0.05, 0) is 38.6 Å². The molecule has 0 radical (unpaired) electrons. The van der Waals surface area contributed by atoms with Gasteiger partial charge in [0.05, 0.1) is 6.04 Å². The lowest BCUT2D eigenvalue weighted by Crippen LogP contribution is -2.41. The molecular weight excluding hydrogens is 214 g/mol. The lowest BCUT2D eigenvalue weighted by atomic mass is 9.97. The van der Waals surface area contributed by atoms with Crippen LogP contribution in [0.5, 0.6) is 0 Å². The fraction of sp³-hybridized carbons (Fsp3) is 0.929. The molecule has 0 bridgehead atoms. The molecule has 1 saturated carbocycles. The number of Topliss-reactive ketones (excluding diaryl/α,β-unsaturated/α-hetero) is 1. The standard InChI is InChI=1S/C14H25NO2/c1-15(11-12-7-9-17-10-8-12)13-5-3-2-4-6-14(13)16/h12-13H,2-11H2,1H3. The number of ketones is 1. The van der Waals surface area contributed by atoms with Crippen molar-refractivity contribution in [2.24, 2.45) is 5.92 Å². The van der Waals surface area contributed by atoms with E-state index in [1.807, 2.05) is 0 Å². The molecule has 1 aliphatic carbocycles. The molecule has 2 fully saturated rings. The van der Waals surface area contributed by atoms with Gasteiger partial charge >= 0.3 is 0 Å². The van der Waals surface area contributed by atoms with Gasteiger partial charge in [-0.2, -0.15) is 0 Å². The monoisotopic (exact) mass is 239 g/mol. The molecule has 0 spiro atoms. The summed E-state index contributed by atoms with van der Waals surface area (Å²) >= 11 is 0. The number of nitrogens with zero attached hydrogens (tertiary/aromatic N) is 1. The summed E-state index contributed by atoms with van der Waals surface area (Å²) in [4.78, 5) is 14.3. The third-order valence-electron chi connectivity index (χ3n) is 4.19. The summed E-state index contributed by atoms with van der Waals surface area (Å²) in [6.07, 6.45) is 7.72. The summed E-state index contributed by atoms with van der Waals surface area (Å²) in [5.74, 6) is 1.20. The summed E-state index contributed by atoms with van der Waals surface area (Å²) < 4.78 is 5.38. The lowest BCUT2D eigenvalue weighted by Gasteiger charge is -2.31. The minimum absolute atomic E-state index is 0.195. The van der Waals surface area contributed by atoms with E-state index in [0.29, 0.717) is 5.78 Å². The Labute approximate surface area is 105 Å². The SMILES string of the molecule is CN(CC1CCOCC1)C1CCCCCC1=O. The first-order valence-electron chi connectivity index (χ1n) is 7.08. The van der Waals surface area contributed by atoms with Crippen LogP contribution in [0.2, 0.25) is 0 Å². The normalized spacial score (nSPS) is 28.4. The van der Waals surface area contributed by atoms with Gasteiger partial charge < -0.3 is 4.74 Å². The van der Waals surface area contributed by atoms with Gasteiger partial charge in [-0.25, -0.2) is 0 Å². The van der Waals surface area contributed by atoms with E-state index < -0.39 is 0 Å². The van der Waals surface area contributed by atoms with Crippen LogP contribution in [0.25, 0.3) is 0 Å². The Morgan fingerprint density at radius 1 is 1.18 bits per heavy atom. The number of ether oxygens (including phenoxy) is 1. The maximum atomic E-state index is 12.0. The van der Waals surface area contributed by atoms with Crippen molar-refractivity contribution in [1.29, 1.82) is 0 Å². The van der Waals surface area contributed by atoms with Crippen molar-refractivity contribution < 1.29 is 9.53 Å². The van der Waals surface area contributed by atoms with Gasteiger partial charge in [0.1, 0.15) is 5.78 Å². The summed E-state index contributed by atoms with van der Waals surface area (Å²) in [7, 11) is 2.13. The highest BCUT2D eigenvalue weighted by Gasteiger charge is 2.26. The van der Waals surface area contributed by atoms with E-state index in [1.54, 1.807) is 0 Å². The van der Waals surface area contributed by atoms with E-state index in [9.17, 15) is 4.79 Å². The second-order valence-electron chi connectivity index (χ2n) is 5.58. The van der Waals surface area contributed by atoms with E-state index in [2.05, 4.69) is 11.9 Å². The van der Waals surface area contributed by atoms with Gasteiger partial charge in [-0.1, -0.05) is 12.8 Å². The fourth-order valence-electron chi connectivity index (χ4n) is 3.07. The van der Waals surface area contributed by atoms with Crippen LogP contribution >= 0.6 is 0 Å². The van der Waals surface area contributed by atoms with Crippen LogP contribution in [-0.2, 0) is 9.53 Å². The number of likely N-dealkylation sites (N-methyl/N-ethyl adjacent to an activating group) is 1. The Morgan fingerprint density at radius 3 is 2.71 bits per heavy atom. The molecule has 1 unspecified atom stereocenters.